The van der Waals surface area contributed by atoms with E-state index in [0.29, 0.717) is 0 Å². The Bertz CT molecular complexity index is 801. The van der Waals surface area contributed by atoms with Gasteiger partial charge in [0.15, 0.2) is 5.82 Å². The number of hydrogen-bond donors (Lipinski definition) is 0. The first-order chi connectivity index (χ1) is 11.3. The minimum absolute atomic E-state index is 0.0392. The summed E-state index contributed by atoms with van der Waals surface area (Å²) in [4.78, 5) is 18.7. The van der Waals surface area contributed by atoms with Gasteiger partial charge >= 0.3 is 6.01 Å². The van der Waals surface area contributed by atoms with Crippen LogP contribution >= 0.6 is 11.3 Å². The number of hydrogen-bond acceptors (Lipinski definition) is 7. The van der Waals surface area contributed by atoms with Crippen molar-refractivity contribution in [1.82, 2.24) is 19.9 Å². The molecule has 0 atom stereocenters. The highest BCUT2D eigenvalue weighted by molar-refractivity contribution is 7.17. The maximum absolute atomic E-state index is 12.8. The number of aromatic nitrogens is 4. The van der Waals surface area contributed by atoms with Gasteiger partial charge in [0.05, 0.1) is 22.6 Å². The van der Waals surface area contributed by atoms with Crippen molar-refractivity contribution in [1.29, 1.82) is 0 Å². The van der Waals surface area contributed by atoms with Crippen LogP contribution in [0.4, 0.5) is 10.2 Å². The third kappa shape index (κ3) is 2.94. The van der Waals surface area contributed by atoms with Gasteiger partial charge in [-0.05, 0) is 11.4 Å². The Kier molecular flexibility index (Phi) is 3.74. The monoisotopic (exact) mass is 331 g/mol. The second-order valence-corrected chi connectivity index (χ2v) is 6.24. The van der Waals surface area contributed by atoms with Crippen LogP contribution in [0.5, 0.6) is 6.01 Å². The maximum Gasteiger partial charge on any atom is 0.316 e. The van der Waals surface area contributed by atoms with Gasteiger partial charge in [0, 0.05) is 25.9 Å². The quantitative estimate of drug-likeness (QED) is 0.735. The number of thiophene rings is 1. The molecular formula is C15H14FN5OS. The Morgan fingerprint density at radius 2 is 1.91 bits per heavy atom. The summed E-state index contributed by atoms with van der Waals surface area (Å²) in [5.74, 6) is 0.525. The third-order valence-electron chi connectivity index (χ3n) is 3.83. The number of piperidine rings is 1. The van der Waals surface area contributed by atoms with Gasteiger partial charge in [0.2, 0.25) is 0 Å². The molecule has 1 aliphatic rings. The second-order valence-electron chi connectivity index (χ2n) is 5.32. The molecule has 6 nitrogen and oxygen atoms in total. The normalized spacial score (nSPS) is 16.0. The van der Waals surface area contributed by atoms with Crippen molar-refractivity contribution >= 4 is 27.4 Å². The number of fused-ring (bicyclic) bond motifs is 1. The molecule has 0 unspecified atom stereocenters. The van der Waals surface area contributed by atoms with Gasteiger partial charge in [-0.25, -0.2) is 24.3 Å². The summed E-state index contributed by atoms with van der Waals surface area (Å²) in [7, 11) is 0. The van der Waals surface area contributed by atoms with E-state index in [4.69, 9.17) is 4.74 Å². The van der Waals surface area contributed by atoms with Crippen molar-refractivity contribution in [3.05, 3.63) is 36.0 Å². The third-order valence-corrected chi connectivity index (χ3v) is 4.73. The molecule has 0 radical (unpaired) electrons. The van der Waals surface area contributed by atoms with Gasteiger partial charge in [-0.2, -0.15) is 0 Å². The van der Waals surface area contributed by atoms with Gasteiger partial charge in [0.1, 0.15) is 18.2 Å². The summed E-state index contributed by atoms with van der Waals surface area (Å²) in [6, 6.07) is 2.24. The molecule has 4 rings (SSSR count). The fraction of sp³-hybridized carbons (Fsp3) is 0.333. The second kappa shape index (κ2) is 6.04. The predicted molar refractivity (Wildman–Crippen MR) is 85.3 cm³/mol. The summed E-state index contributed by atoms with van der Waals surface area (Å²) >= 11 is 1.66. The van der Waals surface area contributed by atoms with Crippen LogP contribution in [0.2, 0.25) is 0 Å². The molecule has 3 aromatic rings. The van der Waals surface area contributed by atoms with Crippen LogP contribution in [0.3, 0.4) is 0 Å². The Balaban J connectivity index is 1.43. The molecule has 0 aromatic carbocycles. The summed E-state index contributed by atoms with van der Waals surface area (Å²) in [6.45, 7) is 1.69. The van der Waals surface area contributed by atoms with Crippen molar-refractivity contribution in [3.8, 4) is 6.01 Å². The summed E-state index contributed by atoms with van der Waals surface area (Å²) in [6.07, 6.45) is 5.57. The van der Waals surface area contributed by atoms with Gasteiger partial charge in [-0.15, -0.1) is 11.3 Å². The summed E-state index contributed by atoms with van der Waals surface area (Å²) in [5, 5.41) is 2.03. The lowest BCUT2D eigenvalue weighted by atomic mass is 10.1. The summed E-state index contributed by atoms with van der Waals surface area (Å²) in [5.41, 5.74) is 0.984. The highest BCUT2D eigenvalue weighted by Gasteiger charge is 2.23. The number of ether oxygens (including phenoxy) is 1. The van der Waals surface area contributed by atoms with Crippen molar-refractivity contribution < 1.29 is 9.13 Å². The zero-order valence-electron chi connectivity index (χ0n) is 12.2. The molecule has 1 saturated heterocycles. The van der Waals surface area contributed by atoms with Crippen LogP contribution in [-0.4, -0.2) is 39.1 Å². The Hall–Kier alpha value is -2.35. The molecule has 0 N–H and O–H groups in total. The zero-order valence-corrected chi connectivity index (χ0v) is 13.0. The van der Waals surface area contributed by atoms with Crippen LogP contribution in [0.25, 0.3) is 10.2 Å². The van der Waals surface area contributed by atoms with E-state index in [0.717, 1.165) is 54.4 Å². The first-order valence-corrected chi connectivity index (χ1v) is 8.25. The number of halogens is 1. The van der Waals surface area contributed by atoms with Crippen LogP contribution < -0.4 is 9.64 Å². The van der Waals surface area contributed by atoms with Crippen molar-refractivity contribution in [2.24, 2.45) is 0 Å². The molecule has 0 saturated carbocycles. The molecule has 0 aliphatic carbocycles. The van der Waals surface area contributed by atoms with Crippen molar-refractivity contribution in [2.45, 2.75) is 18.9 Å². The van der Waals surface area contributed by atoms with Gasteiger partial charge in [-0.1, -0.05) is 0 Å². The lowest BCUT2D eigenvalue weighted by molar-refractivity contribution is 0.156. The van der Waals surface area contributed by atoms with Gasteiger partial charge in [-0.3, -0.25) is 0 Å². The van der Waals surface area contributed by atoms with E-state index in [1.54, 1.807) is 17.7 Å². The minimum atomic E-state index is -0.462. The first-order valence-electron chi connectivity index (χ1n) is 7.37. The van der Waals surface area contributed by atoms with Crippen LogP contribution in [0.1, 0.15) is 12.8 Å². The van der Waals surface area contributed by atoms with Crippen LogP contribution in [0, 0.1) is 5.82 Å². The molecule has 0 bridgehead atoms. The lowest BCUT2D eigenvalue weighted by Crippen LogP contribution is -2.39. The van der Waals surface area contributed by atoms with Crippen molar-refractivity contribution in [3.63, 3.8) is 0 Å². The molecule has 118 valence electrons. The average molecular weight is 331 g/mol. The molecule has 23 heavy (non-hydrogen) atoms. The average Bonchev–Trinajstić information content (AvgIpc) is 3.06. The van der Waals surface area contributed by atoms with Crippen molar-refractivity contribution in [2.75, 3.05) is 18.0 Å². The topological polar surface area (TPSA) is 64.0 Å². The van der Waals surface area contributed by atoms with E-state index >= 15 is 0 Å². The molecule has 3 aromatic heterocycles. The van der Waals surface area contributed by atoms with E-state index < -0.39 is 5.82 Å². The molecule has 8 heteroatoms. The first kappa shape index (κ1) is 14.3. The number of anilines is 1. The Morgan fingerprint density at radius 3 is 2.70 bits per heavy atom. The highest BCUT2D eigenvalue weighted by Crippen LogP contribution is 2.30. The van der Waals surface area contributed by atoms with E-state index in [2.05, 4.69) is 24.8 Å². The van der Waals surface area contributed by atoms with Crippen LogP contribution in [0.15, 0.2) is 30.2 Å². The SMILES string of the molecule is Fc1cnc(OC2CCN(c3ncnc4ccsc34)CC2)nc1. The molecule has 1 aliphatic heterocycles. The van der Waals surface area contributed by atoms with E-state index in [9.17, 15) is 4.39 Å². The fourth-order valence-corrected chi connectivity index (χ4v) is 3.56. The van der Waals surface area contributed by atoms with E-state index in [-0.39, 0.29) is 12.1 Å². The Morgan fingerprint density at radius 1 is 1.13 bits per heavy atom. The highest BCUT2D eigenvalue weighted by atomic mass is 32.1. The molecule has 1 fully saturated rings. The molecular weight excluding hydrogens is 317 g/mol. The smallest absolute Gasteiger partial charge is 0.316 e. The number of rotatable bonds is 3. The van der Waals surface area contributed by atoms with E-state index in [1.165, 1.54) is 0 Å². The summed E-state index contributed by atoms with van der Waals surface area (Å²) < 4.78 is 19.6. The standard InChI is InChI=1S/C15H14FN5OS/c16-10-7-17-15(18-8-10)22-11-1-4-21(5-2-11)14-13-12(3-6-23-13)19-9-20-14/h3,6-9,11H,1-2,4-5H2. The van der Waals surface area contributed by atoms with E-state index in [1.807, 2.05) is 11.4 Å². The van der Waals surface area contributed by atoms with Gasteiger partial charge < -0.3 is 9.64 Å². The molecule has 0 amide bonds. The molecule has 0 spiro atoms. The minimum Gasteiger partial charge on any atom is -0.460 e. The Labute approximate surface area is 136 Å². The maximum atomic E-state index is 12.8. The largest absolute Gasteiger partial charge is 0.460 e. The predicted octanol–water partition coefficient (Wildman–Crippen LogP) is 2.67. The number of nitrogens with zero attached hydrogens (tertiary/aromatic N) is 5. The van der Waals surface area contributed by atoms with Gasteiger partial charge in [0.25, 0.3) is 0 Å². The lowest BCUT2D eigenvalue weighted by Gasteiger charge is -2.32. The molecule has 4 heterocycles. The fourth-order valence-electron chi connectivity index (χ4n) is 2.70. The van der Waals surface area contributed by atoms with Crippen LogP contribution in [-0.2, 0) is 0 Å². The zero-order chi connectivity index (χ0) is 15.6.